The summed E-state index contributed by atoms with van der Waals surface area (Å²) in [4.78, 5) is 40.0. The molecule has 5 heterocycles. The Morgan fingerprint density at radius 2 is 1.88 bits per heavy atom. The standard InChI is InChI=1S/C25H32F3N9O3S/c1-5-6-15-11-16-18(35-9-10-37-17(13-35)31-33-21(37)25(26,27)28)29-22(30-20(16)41-15)36-8-7-14(12-36)19(38)32-34-23(39)40-24(2,3)4/h11,14H,5-10,12-13H2,1-4H3,(H,32,38)(H,34,39)/t14-/m0/s1. The van der Waals surface area contributed by atoms with Gasteiger partial charge in [-0.2, -0.15) is 18.2 Å². The van der Waals surface area contributed by atoms with Gasteiger partial charge in [0.05, 0.1) is 17.8 Å². The highest BCUT2D eigenvalue weighted by atomic mass is 32.1. The maximum absolute atomic E-state index is 13.4. The molecule has 0 bridgehead atoms. The molecule has 0 unspecified atom stereocenters. The highest BCUT2D eigenvalue weighted by Crippen LogP contribution is 2.37. The van der Waals surface area contributed by atoms with E-state index in [1.54, 1.807) is 32.1 Å². The average molecular weight is 596 g/mol. The van der Waals surface area contributed by atoms with E-state index in [4.69, 9.17) is 14.7 Å². The van der Waals surface area contributed by atoms with Gasteiger partial charge in [-0.1, -0.05) is 13.3 Å². The molecule has 3 aromatic heterocycles. The molecule has 3 aromatic rings. The maximum atomic E-state index is 13.4. The molecule has 5 rings (SSSR count). The van der Waals surface area contributed by atoms with E-state index >= 15 is 0 Å². The predicted molar refractivity (Wildman–Crippen MR) is 145 cm³/mol. The van der Waals surface area contributed by atoms with Gasteiger partial charge in [-0.05, 0) is 39.7 Å². The molecule has 1 saturated heterocycles. The number of alkyl halides is 3. The number of thiophene rings is 1. The van der Waals surface area contributed by atoms with Crippen molar-refractivity contribution in [1.82, 2.24) is 35.6 Å². The Labute approximate surface area is 238 Å². The first-order chi connectivity index (χ1) is 19.3. The Bertz CT molecular complexity index is 1450. The highest BCUT2D eigenvalue weighted by molar-refractivity contribution is 7.18. The zero-order valence-electron chi connectivity index (χ0n) is 23.2. The highest BCUT2D eigenvalue weighted by Gasteiger charge is 2.40. The van der Waals surface area contributed by atoms with Crippen LogP contribution in [0.1, 0.15) is 57.1 Å². The van der Waals surface area contributed by atoms with Crippen LogP contribution in [0.4, 0.5) is 29.7 Å². The van der Waals surface area contributed by atoms with Crippen LogP contribution >= 0.6 is 11.3 Å². The molecule has 0 aromatic carbocycles. The van der Waals surface area contributed by atoms with Gasteiger partial charge >= 0.3 is 12.3 Å². The van der Waals surface area contributed by atoms with E-state index < -0.39 is 29.6 Å². The molecule has 2 amide bonds. The van der Waals surface area contributed by atoms with Crippen molar-refractivity contribution in [3.05, 3.63) is 22.6 Å². The number of halogens is 3. The minimum Gasteiger partial charge on any atom is -0.443 e. The van der Waals surface area contributed by atoms with Crippen molar-refractivity contribution in [2.75, 3.05) is 29.4 Å². The van der Waals surface area contributed by atoms with Gasteiger partial charge in [-0.3, -0.25) is 10.2 Å². The fraction of sp³-hybridized carbons (Fsp3) is 0.600. The normalized spacial score (nSPS) is 17.6. The molecule has 0 radical (unpaired) electrons. The van der Waals surface area contributed by atoms with E-state index in [2.05, 4.69) is 28.0 Å². The van der Waals surface area contributed by atoms with E-state index in [-0.39, 0.29) is 24.8 Å². The lowest BCUT2D eigenvalue weighted by Crippen LogP contribution is -2.47. The first kappa shape index (κ1) is 28.8. The largest absolute Gasteiger partial charge is 0.451 e. The van der Waals surface area contributed by atoms with Crippen LogP contribution in [0, 0.1) is 5.92 Å². The van der Waals surface area contributed by atoms with E-state index in [0.29, 0.717) is 37.8 Å². The topological polar surface area (TPSA) is 130 Å². The van der Waals surface area contributed by atoms with Crippen LogP contribution in [0.15, 0.2) is 6.07 Å². The number of ether oxygens (including phenoxy) is 1. The zero-order chi connectivity index (χ0) is 29.5. The summed E-state index contributed by atoms with van der Waals surface area (Å²) in [6.07, 6.45) is -2.98. The minimum absolute atomic E-state index is 0.0700. The van der Waals surface area contributed by atoms with Crippen LogP contribution in [0.5, 0.6) is 0 Å². The summed E-state index contributed by atoms with van der Waals surface area (Å²) < 4.78 is 46.3. The molecule has 0 saturated carbocycles. The van der Waals surface area contributed by atoms with Crippen LogP contribution in [0.2, 0.25) is 0 Å². The van der Waals surface area contributed by atoms with Crippen molar-refractivity contribution in [2.45, 2.75) is 71.8 Å². The van der Waals surface area contributed by atoms with E-state index in [1.807, 2.05) is 15.9 Å². The van der Waals surface area contributed by atoms with Crippen LogP contribution in [0.3, 0.4) is 0 Å². The molecule has 1 fully saturated rings. The van der Waals surface area contributed by atoms with Crippen molar-refractivity contribution in [3.8, 4) is 0 Å². The van der Waals surface area contributed by atoms with Gasteiger partial charge in [0.15, 0.2) is 5.82 Å². The lowest BCUT2D eigenvalue weighted by Gasteiger charge is -2.30. The van der Waals surface area contributed by atoms with Gasteiger partial charge in [0.25, 0.3) is 0 Å². The molecule has 12 nitrogen and oxygen atoms in total. The lowest BCUT2D eigenvalue weighted by molar-refractivity contribution is -0.147. The quantitative estimate of drug-likeness (QED) is 0.425. The summed E-state index contributed by atoms with van der Waals surface area (Å²) in [6, 6.07) is 2.05. The van der Waals surface area contributed by atoms with E-state index in [1.165, 1.54) is 0 Å². The number of nitrogens with one attached hydrogen (secondary N) is 2. The SMILES string of the molecule is CCCc1cc2c(N3CCn4c(nnc4C(F)(F)F)C3)nc(N3CC[C@H](C(=O)NNC(=O)OC(C)(C)C)C3)nc2s1. The fourth-order valence-corrected chi connectivity index (χ4v) is 6.04. The Hall–Kier alpha value is -3.69. The monoisotopic (exact) mass is 595 g/mol. The van der Waals surface area contributed by atoms with Crippen LogP contribution in [0.25, 0.3) is 10.2 Å². The summed E-state index contributed by atoms with van der Waals surface area (Å²) >= 11 is 1.56. The van der Waals surface area contributed by atoms with Gasteiger partial charge < -0.3 is 19.1 Å². The smallest absolute Gasteiger partial charge is 0.443 e. The van der Waals surface area contributed by atoms with Gasteiger partial charge in [-0.15, -0.1) is 21.5 Å². The number of rotatable bonds is 5. The van der Waals surface area contributed by atoms with Crippen LogP contribution in [-0.2, 0) is 35.2 Å². The molecule has 2 aliphatic heterocycles. The second kappa shape index (κ2) is 10.9. The Morgan fingerprint density at radius 1 is 1.10 bits per heavy atom. The summed E-state index contributed by atoms with van der Waals surface area (Å²) in [5.41, 5.74) is 4.00. The summed E-state index contributed by atoms with van der Waals surface area (Å²) in [7, 11) is 0. The number of aryl methyl sites for hydroxylation is 1. The molecule has 16 heteroatoms. The van der Waals surface area contributed by atoms with Crippen molar-refractivity contribution < 1.29 is 27.5 Å². The van der Waals surface area contributed by atoms with Crippen molar-refractivity contribution in [1.29, 1.82) is 0 Å². The van der Waals surface area contributed by atoms with Crippen LogP contribution in [-0.4, -0.2) is 62.0 Å². The molecular weight excluding hydrogens is 563 g/mol. The number of aromatic nitrogens is 5. The number of amides is 2. The molecule has 0 aliphatic carbocycles. The number of anilines is 2. The number of hydrazine groups is 1. The van der Waals surface area contributed by atoms with Gasteiger partial charge in [0.1, 0.15) is 16.2 Å². The fourth-order valence-electron chi connectivity index (χ4n) is 4.92. The molecule has 41 heavy (non-hydrogen) atoms. The first-order valence-corrected chi connectivity index (χ1v) is 14.2. The van der Waals surface area contributed by atoms with Crippen molar-refractivity contribution >= 4 is 45.3 Å². The first-order valence-electron chi connectivity index (χ1n) is 13.4. The average Bonchev–Trinajstić information content (AvgIpc) is 3.63. The summed E-state index contributed by atoms with van der Waals surface area (Å²) in [6.45, 7) is 8.60. The molecular formula is C25H32F3N9O3S. The summed E-state index contributed by atoms with van der Waals surface area (Å²) in [5.74, 6) is -0.486. The van der Waals surface area contributed by atoms with Gasteiger partial charge in [-0.25, -0.2) is 15.2 Å². The number of hydrogen-bond donors (Lipinski definition) is 2. The molecule has 2 aliphatic rings. The predicted octanol–water partition coefficient (Wildman–Crippen LogP) is 3.66. The van der Waals surface area contributed by atoms with E-state index in [0.717, 1.165) is 32.5 Å². The summed E-state index contributed by atoms with van der Waals surface area (Å²) in [5, 5.41) is 8.03. The van der Waals surface area contributed by atoms with Crippen molar-refractivity contribution in [3.63, 3.8) is 0 Å². The third-order valence-corrected chi connectivity index (χ3v) is 7.83. The van der Waals surface area contributed by atoms with Crippen LogP contribution < -0.4 is 20.7 Å². The minimum atomic E-state index is -4.58. The Morgan fingerprint density at radius 3 is 2.59 bits per heavy atom. The number of fused-ring (bicyclic) bond motifs is 2. The maximum Gasteiger partial charge on any atom is 0.451 e. The lowest BCUT2D eigenvalue weighted by atomic mass is 10.1. The third kappa shape index (κ3) is 6.31. The van der Waals surface area contributed by atoms with Gasteiger partial charge in [0, 0.05) is 31.1 Å². The van der Waals surface area contributed by atoms with E-state index in [9.17, 15) is 22.8 Å². The van der Waals surface area contributed by atoms with Gasteiger partial charge in [0.2, 0.25) is 17.7 Å². The molecule has 222 valence electrons. The Kier molecular flexibility index (Phi) is 7.70. The number of carbonyl (C=O) groups is 2. The zero-order valence-corrected chi connectivity index (χ0v) is 24.0. The Balaban J connectivity index is 1.36. The number of nitrogens with zero attached hydrogens (tertiary/aromatic N) is 7. The van der Waals surface area contributed by atoms with Crippen molar-refractivity contribution in [2.24, 2.45) is 5.92 Å². The second-order valence-electron chi connectivity index (χ2n) is 11.1. The number of hydrogen-bond acceptors (Lipinski definition) is 10. The number of carbonyl (C=O) groups excluding carboxylic acids is 2. The third-order valence-electron chi connectivity index (χ3n) is 6.74. The molecule has 0 spiro atoms. The molecule has 1 atom stereocenters. The second-order valence-corrected chi connectivity index (χ2v) is 12.2. The molecule has 2 N–H and O–H groups in total.